The lowest BCUT2D eigenvalue weighted by Crippen LogP contribution is -2.48. The van der Waals surface area contributed by atoms with E-state index in [1.165, 1.54) is 0 Å². The van der Waals surface area contributed by atoms with Crippen molar-refractivity contribution in [3.8, 4) is 0 Å². The molecule has 2 aromatic carbocycles. The Morgan fingerprint density at radius 2 is 1.50 bits per heavy atom. The van der Waals surface area contributed by atoms with Crippen LogP contribution in [0.5, 0.6) is 0 Å². The highest BCUT2D eigenvalue weighted by atomic mass is 35.5. The average molecular weight is 373 g/mol. The number of ketones is 1. The van der Waals surface area contributed by atoms with Gasteiger partial charge in [0.15, 0.2) is 5.78 Å². The van der Waals surface area contributed by atoms with Gasteiger partial charge in [0, 0.05) is 24.6 Å². The summed E-state index contributed by atoms with van der Waals surface area (Å²) < 4.78 is 0. The maximum atomic E-state index is 12.6. The molecule has 2 N–H and O–H groups in total. The number of benzene rings is 2. The second kappa shape index (κ2) is 9.51. The first-order chi connectivity index (χ1) is 12.1. The molecule has 26 heavy (non-hydrogen) atoms. The highest BCUT2D eigenvalue weighted by Gasteiger charge is 2.29. The number of hydrogen-bond acceptors (Lipinski definition) is 3. The quantitative estimate of drug-likeness (QED) is 0.820. The summed E-state index contributed by atoms with van der Waals surface area (Å²) in [6, 6.07) is 18.7. The molecule has 0 radical (unpaired) electrons. The molecular weight excluding hydrogens is 348 g/mol. The van der Waals surface area contributed by atoms with Gasteiger partial charge in [0.05, 0.1) is 6.04 Å². The SMILES string of the molecule is Cl.N[C@@H](Cc1ccccc1)C(=O)N1CCC(C(=O)c2ccccc2)CC1. The molecule has 0 bridgehead atoms. The molecule has 3 rings (SSSR count). The van der Waals surface area contributed by atoms with E-state index in [0.29, 0.717) is 32.4 Å². The van der Waals surface area contributed by atoms with Gasteiger partial charge in [-0.2, -0.15) is 0 Å². The summed E-state index contributed by atoms with van der Waals surface area (Å²) in [6.45, 7) is 1.20. The van der Waals surface area contributed by atoms with Crippen molar-refractivity contribution in [2.24, 2.45) is 11.7 Å². The Hall–Kier alpha value is -2.17. The summed E-state index contributed by atoms with van der Waals surface area (Å²) in [5, 5.41) is 0. The van der Waals surface area contributed by atoms with Gasteiger partial charge in [-0.15, -0.1) is 12.4 Å². The number of nitrogens with zero attached hydrogens (tertiary/aromatic N) is 1. The predicted molar refractivity (Wildman–Crippen MR) is 105 cm³/mol. The molecule has 1 saturated heterocycles. The van der Waals surface area contributed by atoms with Gasteiger partial charge in [0.25, 0.3) is 0 Å². The Morgan fingerprint density at radius 1 is 0.962 bits per heavy atom. The predicted octanol–water partition coefficient (Wildman–Crippen LogP) is 3.10. The van der Waals surface area contributed by atoms with E-state index in [-0.39, 0.29) is 30.0 Å². The maximum absolute atomic E-state index is 12.6. The molecule has 5 heteroatoms. The van der Waals surface area contributed by atoms with Crippen molar-refractivity contribution in [2.75, 3.05) is 13.1 Å². The minimum absolute atomic E-state index is 0. The van der Waals surface area contributed by atoms with E-state index in [0.717, 1.165) is 11.1 Å². The minimum atomic E-state index is -0.524. The van der Waals surface area contributed by atoms with Crippen molar-refractivity contribution in [2.45, 2.75) is 25.3 Å². The van der Waals surface area contributed by atoms with Crippen LogP contribution in [0.1, 0.15) is 28.8 Å². The molecule has 0 spiro atoms. The number of likely N-dealkylation sites (tertiary alicyclic amines) is 1. The van der Waals surface area contributed by atoms with Gasteiger partial charge in [-0.25, -0.2) is 0 Å². The number of carbonyl (C=O) groups is 2. The number of amides is 1. The lowest BCUT2D eigenvalue weighted by Gasteiger charge is -2.33. The van der Waals surface area contributed by atoms with E-state index >= 15 is 0 Å². The highest BCUT2D eigenvalue weighted by Crippen LogP contribution is 2.22. The van der Waals surface area contributed by atoms with Crippen molar-refractivity contribution in [3.63, 3.8) is 0 Å². The van der Waals surface area contributed by atoms with Gasteiger partial charge in [0.1, 0.15) is 0 Å². The van der Waals surface area contributed by atoms with E-state index in [9.17, 15) is 9.59 Å². The molecular formula is C21H25ClN2O2. The largest absolute Gasteiger partial charge is 0.341 e. The molecule has 2 aromatic rings. The van der Waals surface area contributed by atoms with Crippen LogP contribution in [0.3, 0.4) is 0 Å². The third-order valence-corrected chi connectivity index (χ3v) is 4.85. The van der Waals surface area contributed by atoms with Crippen LogP contribution in [0.4, 0.5) is 0 Å². The van der Waals surface area contributed by atoms with Gasteiger partial charge >= 0.3 is 0 Å². The van der Waals surface area contributed by atoms with Gasteiger partial charge in [-0.05, 0) is 24.8 Å². The van der Waals surface area contributed by atoms with E-state index in [4.69, 9.17) is 5.73 Å². The van der Waals surface area contributed by atoms with Crippen LogP contribution in [0.25, 0.3) is 0 Å². The number of Topliss-reactive ketones (excluding diaryl/α,β-unsaturated/α-hetero) is 1. The van der Waals surface area contributed by atoms with E-state index < -0.39 is 6.04 Å². The fourth-order valence-electron chi connectivity index (χ4n) is 3.39. The van der Waals surface area contributed by atoms with Crippen LogP contribution in [0, 0.1) is 5.92 Å². The lowest BCUT2D eigenvalue weighted by molar-refractivity contribution is -0.133. The summed E-state index contributed by atoms with van der Waals surface area (Å²) >= 11 is 0. The van der Waals surface area contributed by atoms with Gasteiger partial charge in [-0.1, -0.05) is 60.7 Å². The molecule has 0 saturated carbocycles. The number of carbonyl (C=O) groups excluding carboxylic acids is 2. The standard InChI is InChI=1S/C21H24N2O2.ClH/c22-19(15-16-7-3-1-4-8-16)21(25)23-13-11-18(12-14-23)20(24)17-9-5-2-6-10-17;/h1-10,18-19H,11-15,22H2;1H/t19-;/m0./s1. The van der Waals surface area contributed by atoms with E-state index in [1.54, 1.807) is 0 Å². The first-order valence-corrected chi connectivity index (χ1v) is 8.82. The first-order valence-electron chi connectivity index (χ1n) is 8.82. The number of piperidine rings is 1. The number of hydrogen-bond donors (Lipinski definition) is 1. The van der Waals surface area contributed by atoms with Crippen LogP contribution >= 0.6 is 12.4 Å². The summed E-state index contributed by atoms with van der Waals surface area (Å²) in [4.78, 5) is 26.9. The molecule has 1 amide bonds. The van der Waals surface area contributed by atoms with E-state index in [2.05, 4.69) is 0 Å². The van der Waals surface area contributed by atoms with E-state index in [1.807, 2.05) is 65.6 Å². The Kier molecular flexibility index (Phi) is 7.37. The van der Waals surface area contributed by atoms with Crippen LogP contribution in [-0.2, 0) is 11.2 Å². The zero-order chi connectivity index (χ0) is 17.6. The fraction of sp³-hybridized carbons (Fsp3) is 0.333. The van der Waals surface area contributed by atoms with Crippen LogP contribution in [0.15, 0.2) is 60.7 Å². The number of halogens is 1. The summed E-state index contributed by atoms with van der Waals surface area (Å²) in [5.41, 5.74) is 7.93. The van der Waals surface area contributed by atoms with Crippen LogP contribution < -0.4 is 5.73 Å². The Labute approximate surface area is 160 Å². The summed E-state index contributed by atoms with van der Waals surface area (Å²) in [7, 11) is 0. The molecule has 0 unspecified atom stereocenters. The molecule has 4 nitrogen and oxygen atoms in total. The monoisotopic (exact) mass is 372 g/mol. The second-order valence-corrected chi connectivity index (χ2v) is 6.63. The Balaban J connectivity index is 0.00000243. The smallest absolute Gasteiger partial charge is 0.239 e. The van der Waals surface area contributed by atoms with Gasteiger partial charge < -0.3 is 10.6 Å². The van der Waals surface area contributed by atoms with Crippen molar-refractivity contribution in [1.82, 2.24) is 4.90 Å². The van der Waals surface area contributed by atoms with Crippen LogP contribution in [-0.4, -0.2) is 35.7 Å². The normalized spacial score (nSPS) is 15.8. The van der Waals surface area contributed by atoms with Gasteiger partial charge in [0.2, 0.25) is 5.91 Å². The third kappa shape index (κ3) is 4.93. The molecule has 1 fully saturated rings. The zero-order valence-electron chi connectivity index (χ0n) is 14.7. The minimum Gasteiger partial charge on any atom is -0.341 e. The third-order valence-electron chi connectivity index (χ3n) is 4.85. The van der Waals surface area contributed by atoms with Crippen molar-refractivity contribution >= 4 is 24.1 Å². The highest BCUT2D eigenvalue weighted by molar-refractivity contribution is 5.98. The molecule has 0 aliphatic carbocycles. The molecule has 138 valence electrons. The van der Waals surface area contributed by atoms with Crippen molar-refractivity contribution in [3.05, 3.63) is 71.8 Å². The first kappa shape index (κ1) is 20.1. The maximum Gasteiger partial charge on any atom is 0.239 e. The average Bonchev–Trinajstić information content (AvgIpc) is 2.68. The summed E-state index contributed by atoms with van der Waals surface area (Å²) in [6.07, 6.45) is 1.96. The molecule has 1 heterocycles. The topological polar surface area (TPSA) is 63.4 Å². The molecule has 1 atom stereocenters. The fourth-order valence-corrected chi connectivity index (χ4v) is 3.39. The Bertz CT molecular complexity index is 713. The van der Waals surface area contributed by atoms with Crippen molar-refractivity contribution < 1.29 is 9.59 Å². The molecule has 1 aliphatic rings. The second-order valence-electron chi connectivity index (χ2n) is 6.63. The molecule has 1 aliphatic heterocycles. The van der Waals surface area contributed by atoms with Crippen LogP contribution in [0.2, 0.25) is 0 Å². The Morgan fingerprint density at radius 3 is 2.08 bits per heavy atom. The summed E-state index contributed by atoms with van der Waals surface area (Å²) in [5.74, 6) is 0.160. The molecule has 0 aromatic heterocycles. The zero-order valence-corrected chi connectivity index (χ0v) is 15.5. The number of rotatable bonds is 5. The van der Waals surface area contributed by atoms with Gasteiger partial charge in [-0.3, -0.25) is 9.59 Å². The van der Waals surface area contributed by atoms with Crippen molar-refractivity contribution in [1.29, 1.82) is 0 Å². The number of nitrogens with two attached hydrogens (primary N) is 1. The lowest BCUT2D eigenvalue weighted by atomic mass is 9.88.